The molecule has 0 N–H and O–H groups in total. The Bertz CT molecular complexity index is 1480. The van der Waals surface area contributed by atoms with Crippen molar-refractivity contribution in [1.29, 1.82) is 0 Å². The molecular weight excluding hydrogens is 624 g/mol. The highest BCUT2D eigenvalue weighted by molar-refractivity contribution is 9.10. The third-order valence-electron chi connectivity index (χ3n) is 5.50. The van der Waals surface area contributed by atoms with Gasteiger partial charge in [-0.3, -0.25) is 0 Å². The van der Waals surface area contributed by atoms with Crippen molar-refractivity contribution in [2.45, 2.75) is 23.6 Å². The van der Waals surface area contributed by atoms with Crippen molar-refractivity contribution in [3.63, 3.8) is 0 Å². The Morgan fingerprint density at radius 3 is 1.27 bits per heavy atom. The summed E-state index contributed by atoms with van der Waals surface area (Å²) in [6.07, 6.45) is 0. The molecule has 0 aliphatic carbocycles. The molecule has 0 spiro atoms. The molecule has 0 fully saturated rings. The summed E-state index contributed by atoms with van der Waals surface area (Å²) in [4.78, 5) is 24.9. The molecule has 0 aromatic heterocycles. The molecule has 0 unspecified atom stereocenters. The minimum absolute atomic E-state index is 0.0274. The Balaban J connectivity index is 1.44. The minimum atomic E-state index is -3.85. The normalized spacial score (nSPS) is 11.1. The van der Waals surface area contributed by atoms with Crippen LogP contribution in [0.2, 0.25) is 0 Å². The van der Waals surface area contributed by atoms with E-state index in [1.54, 1.807) is 36.4 Å². The minimum Gasteiger partial charge on any atom is -0.423 e. The van der Waals surface area contributed by atoms with Gasteiger partial charge in [-0.15, -0.1) is 0 Å². The number of hydrogen-bond acceptors (Lipinski definition) is 6. The maximum atomic E-state index is 13.1. The van der Waals surface area contributed by atoms with Gasteiger partial charge in [0.2, 0.25) is 9.84 Å². The lowest BCUT2D eigenvalue weighted by Gasteiger charge is -2.09. The van der Waals surface area contributed by atoms with Crippen molar-refractivity contribution in [3.05, 3.63) is 116 Å². The van der Waals surface area contributed by atoms with Crippen molar-refractivity contribution in [3.8, 4) is 11.5 Å². The molecule has 0 saturated heterocycles. The largest absolute Gasteiger partial charge is 0.423 e. The zero-order chi connectivity index (χ0) is 26.7. The van der Waals surface area contributed by atoms with Crippen LogP contribution in [0.25, 0.3) is 0 Å². The summed E-state index contributed by atoms with van der Waals surface area (Å²) in [5, 5.41) is 0. The summed E-state index contributed by atoms with van der Waals surface area (Å²) in [6, 6.07) is 21.4. The van der Waals surface area contributed by atoms with Crippen LogP contribution < -0.4 is 9.47 Å². The molecule has 6 nitrogen and oxygen atoms in total. The van der Waals surface area contributed by atoms with Crippen LogP contribution in [-0.4, -0.2) is 20.4 Å². The first-order valence-corrected chi connectivity index (χ1v) is 14.0. The molecule has 0 amide bonds. The van der Waals surface area contributed by atoms with E-state index in [4.69, 9.17) is 9.47 Å². The fourth-order valence-electron chi connectivity index (χ4n) is 3.28. The lowest BCUT2D eigenvalue weighted by Crippen LogP contribution is -2.09. The standard InChI is InChI=1S/C28H20Br2O6S/c1-17-3-5-19(15-25(17)29)27(31)35-21-7-11-23(12-8-21)37(33,34)24-13-9-22(10-14-24)36-28(32)20-6-4-18(2)26(30)16-20/h3-16H,1-2H3. The molecule has 0 saturated carbocycles. The number of sulfone groups is 1. The van der Waals surface area contributed by atoms with Crippen molar-refractivity contribution in [2.24, 2.45) is 0 Å². The van der Waals surface area contributed by atoms with Gasteiger partial charge in [0.1, 0.15) is 11.5 Å². The van der Waals surface area contributed by atoms with Crippen molar-refractivity contribution >= 4 is 53.6 Å². The molecule has 0 atom stereocenters. The number of carbonyl (C=O) groups is 2. The molecule has 0 heterocycles. The van der Waals surface area contributed by atoms with Crippen molar-refractivity contribution < 1.29 is 27.5 Å². The van der Waals surface area contributed by atoms with Crippen LogP contribution >= 0.6 is 31.9 Å². The van der Waals surface area contributed by atoms with E-state index in [0.29, 0.717) is 11.1 Å². The number of halogens is 2. The fraction of sp³-hybridized carbons (Fsp3) is 0.0714. The molecule has 4 rings (SSSR count). The number of rotatable bonds is 6. The third kappa shape index (κ3) is 6.18. The number of aryl methyl sites for hydroxylation is 2. The Kier molecular flexibility index (Phi) is 7.96. The SMILES string of the molecule is Cc1ccc(C(=O)Oc2ccc(S(=O)(=O)c3ccc(OC(=O)c4ccc(C)c(Br)c4)cc3)cc2)cc1Br. The van der Waals surface area contributed by atoms with E-state index in [1.165, 1.54) is 48.5 Å². The molecule has 4 aromatic rings. The number of carbonyl (C=O) groups excluding carboxylic acids is 2. The van der Waals surface area contributed by atoms with Crippen LogP contribution in [0, 0.1) is 13.8 Å². The highest BCUT2D eigenvalue weighted by atomic mass is 79.9. The summed E-state index contributed by atoms with van der Waals surface area (Å²) in [6.45, 7) is 3.81. The second-order valence-electron chi connectivity index (χ2n) is 8.15. The summed E-state index contributed by atoms with van der Waals surface area (Å²) in [7, 11) is -3.85. The van der Waals surface area contributed by atoms with Gasteiger partial charge in [0.15, 0.2) is 0 Å². The third-order valence-corrected chi connectivity index (χ3v) is 9.00. The molecular formula is C28H20Br2O6S. The smallest absolute Gasteiger partial charge is 0.343 e. The Hall–Kier alpha value is -3.27. The molecule has 0 aliphatic rings. The second kappa shape index (κ2) is 11.0. The van der Waals surface area contributed by atoms with Gasteiger partial charge >= 0.3 is 11.9 Å². The Labute approximate surface area is 231 Å². The highest BCUT2D eigenvalue weighted by Gasteiger charge is 2.19. The predicted octanol–water partition coefficient (Wildman–Crippen LogP) is 7.10. The molecule has 0 bridgehead atoms. The predicted molar refractivity (Wildman–Crippen MR) is 146 cm³/mol. The molecule has 9 heteroatoms. The highest BCUT2D eigenvalue weighted by Crippen LogP contribution is 2.26. The Morgan fingerprint density at radius 1 is 0.595 bits per heavy atom. The van der Waals surface area contributed by atoms with Crippen LogP contribution in [0.3, 0.4) is 0 Å². The summed E-state index contributed by atoms with van der Waals surface area (Å²) >= 11 is 6.77. The van der Waals surface area contributed by atoms with Gasteiger partial charge in [0, 0.05) is 8.95 Å². The van der Waals surface area contributed by atoms with E-state index < -0.39 is 21.8 Å². The first kappa shape index (κ1) is 26.8. The topological polar surface area (TPSA) is 86.7 Å². The maximum absolute atomic E-state index is 13.1. The zero-order valence-corrected chi connectivity index (χ0v) is 23.7. The summed E-state index contributed by atoms with van der Waals surface area (Å²) in [5.74, 6) is -0.685. The fourth-order valence-corrected chi connectivity index (χ4v) is 5.30. The average molecular weight is 644 g/mol. The van der Waals surface area contributed by atoms with Gasteiger partial charge in [0.25, 0.3) is 0 Å². The van der Waals surface area contributed by atoms with E-state index >= 15 is 0 Å². The Morgan fingerprint density at radius 2 is 0.946 bits per heavy atom. The van der Waals surface area contributed by atoms with Gasteiger partial charge in [0.05, 0.1) is 20.9 Å². The number of ether oxygens (including phenoxy) is 2. The van der Waals surface area contributed by atoms with Crippen molar-refractivity contribution in [1.82, 2.24) is 0 Å². The van der Waals surface area contributed by atoms with Gasteiger partial charge in [-0.05, 0) is 97.8 Å². The maximum Gasteiger partial charge on any atom is 0.343 e. The van der Waals surface area contributed by atoms with Crippen LogP contribution in [0.1, 0.15) is 31.8 Å². The van der Waals surface area contributed by atoms with Gasteiger partial charge in [-0.2, -0.15) is 0 Å². The van der Waals surface area contributed by atoms with Gasteiger partial charge in [-0.1, -0.05) is 44.0 Å². The quantitative estimate of drug-likeness (QED) is 0.165. The van der Waals surface area contributed by atoms with E-state index in [-0.39, 0.29) is 21.3 Å². The van der Waals surface area contributed by atoms with Gasteiger partial charge < -0.3 is 9.47 Å². The molecule has 0 aliphatic heterocycles. The van der Waals surface area contributed by atoms with Crippen LogP contribution in [0.5, 0.6) is 11.5 Å². The van der Waals surface area contributed by atoms with E-state index in [9.17, 15) is 18.0 Å². The van der Waals surface area contributed by atoms with E-state index in [2.05, 4.69) is 31.9 Å². The van der Waals surface area contributed by atoms with E-state index in [1.807, 2.05) is 13.8 Å². The molecule has 37 heavy (non-hydrogen) atoms. The summed E-state index contributed by atoms with van der Waals surface area (Å²) < 4.78 is 38.4. The van der Waals surface area contributed by atoms with Crippen LogP contribution in [0.4, 0.5) is 0 Å². The van der Waals surface area contributed by atoms with Crippen LogP contribution in [-0.2, 0) is 9.84 Å². The molecule has 188 valence electrons. The van der Waals surface area contributed by atoms with Gasteiger partial charge in [-0.25, -0.2) is 18.0 Å². The lowest BCUT2D eigenvalue weighted by atomic mass is 10.1. The summed E-state index contributed by atoms with van der Waals surface area (Å²) in [5.41, 5.74) is 2.70. The van der Waals surface area contributed by atoms with E-state index in [0.717, 1.165) is 20.1 Å². The average Bonchev–Trinajstić information content (AvgIpc) is 2.88. The lowest BCUT2D eigenvalue weighted by molar-refractivity contribution is 0.0725. The molecule has 0 radical (unpaired) electrons. The monoisotopic (exact) mass is 642 g/mol. The van der Waals surface area contributed by atoms with Crippen LogP contribution in [0.15, 0.2) is 104 Å². The van der Waals surface area contributed by atoms with Crippen molar-refractivity contribution in [2.75, 3.05) is 0 Å². The molecule has 4 aromatic carbocycles. The number of hydrogen-bond donors (Lipinski definition) is 0. The number of benzene rings is 4. The zero-order valence-electron chi connectivity index (χ0n) is 19.7. The second-order valence-corrected chi connectivity index (χ2v) is 11.8. The first-order chi connectivity index (χ1) is 17.5. The number of esters is 2. The first-order valence-electron chi connectivity index (χ1n) is 11.0.